The number of carbonyl (C=O) groups excluding carboxylic acids is 1. The summed E-state index contributed by atoms with van der Waals surface area (Å²) in [7, 11) is 1.96. The summed E-state index contributed by atoms with van der Waals surface area (Å²) in [4.78, 5) is 13.8. The van der Waals surface area contributed by atoms with Gasteiger partial charge in [-0.1, -0.05) is 6.92 Å². The lowest BCUT2D eigenvalue weighted by Gasteiger charge is -2.28. The fourth-order valence-corrected chi connectivity index (χ4v) is 1.35. The number of nitrogens with two attached hydrogens (primary N) is 1. The zero-order valence-corrected chi connectivity index (χ0v) is 11.3. The van der Waals surface area contributed by atoms with Crippen molar-refractivity contribution < 1.29 is 4.79 Å². The van der Waals surface area contributed by atoms with Crippen molar-refractivity contribution in [1.29, 1.82) is 0 Å². The average Bonchev–Trinajstić information content (AvgIpc) is 2.17. The summed E-state index contributed by atoms with van der Waals surface area (Å²) in [6.45, 7) is 9.33. The van der Waals surface area contributed by atoms with Gasteiger partial charge in [-0.2, -0.15) is 0 Å². The number of hydrogen-bond donors (Lipinski definition) is 2. The van der Waals surface area contributed by atoms with Gasteiger partial charge in [0.2, 0.25) is 5.91 Å². The lowest BCUT2D eigenvalue weighted by molar-refractivity contribution is -0.124. The number of likely N-dealkylation sites (N-methyl/N-ethyl adjacent to an activating group) is 1. The van der Waals surface area contributed by atoms with Gasteiger partial charge in [0.25, 0.3) is 0 Å². The van der Waals surface area contributed by atoms with Gasteiger partial charge in [-0.25, -0.2) is 0 Å². The van der Waals surface area contributed by atoms with Crippen molar-refractivity contribution in [3.8, 4) is 0 Å². The normalized spacial score (nSPS) is 13.9. The minimum atomic E-state index is -0.116. The van der Waals surface area contributed by atoms with Crippen molar-refractivity contribution in [1.82, 2.24) is 10.2 Å². The lowest BCUT2D eigenvalue weighted by Crippen LogP contribution is -2.48. The van der Waals surface area contributed by atoms with Crippen LogP contribution in [0.1, 0.15) is 40.5 Å². The number of hydrogen-bond acceptors (Lipinski definition) is 3. The first kappa shape index (κ1) is 15.4. The molecule has 1 unspecified atom stereocenters. The molecule has 4 nitrogen and oxygen atoms in total. The third-order valence-electron chi connectivity index (χ3n) is 3.09. The molecule has 0 fully saturated rings. The van der Waals surface area contributed by atoms with E-state index in [-0.39, 0.29) is 11.4 Å². The second-order valence-corrected chi connectivity index (χ2v) is 5.13. The molecule has 0 aliphatic heterocycles. The standard InChI is InChI=1S/C12H27N3O/c1-6-12(3,4)14-11(16)9-15(5)10(2)7-8-13/h10H,6-9,13H2,1-5H3,(H,14,16). The number of amides is 1. The highest BCUT2D eigenvalue weighted by Crippen LogP contribution is 2.07. The smallest absolute Gasteiger partial charge is 0.234 e. The third-order valence-corrected chi connectivity index (χ3v) is 3.09. The Bertz CT molecular complexity index is 216. The van der Waals surface area contributed by atoms with Crippen molar-refractivity contribution in [2.45, 2.75) is 52.1 Å². The van der Waals surface area contributed by atoms with E-state index in [2.05, 4.69) is 19.2 Å². The Morgan fingerprint density at radius 3 is 2.50 bits per heavy atom. The van der Waals surface area contributed by atoms with Crippen LogP contribution in [0.3, 0.4) is 0 Å². The molecule has 0 spiro atoms. The van der Waals surface area contributed by atoms with E-state index in [0.717, 1.165) is 12.8 Å². The Morgan fingerprint density at radius 1 is 1.50 bits per heavy atom. The van der Waals surface area contributed by atoms with Crippen LogP contribution in [-0.2, 0) is 4.79 Å². The SMILES string of the molecule is CCC(C)(C)NC(=O)CN(C)C(C)CCN. The van der Waals surface area contributed by atoms with Crippen molar-refractivity contribution in [3.63, 3.8) is 0 Å². The van der Waals surface area contributed by atoms with Crippen LogP contribution in [0.4, 0.5) is 0 Å². The maximum Gasteiger partial charge on any atom is 0.234 e. The molecule has 16 heavy (non-hydrogen) atoms. The Hall–Kier alpha value is -0.610. The molecule has 0 radical (unpaired) electrons. The summed E-state index contributed by atoms with van der Waals surface area (Å²) < 4.78 is 0. The molecule has 4 heteroatoms. The highest BCUT2D eigenvalue weighted by atomic mass is 16.2. The Labute approximate surface area is 99.6 Å². The molecule has 0 aliphatic carbocycles. The van der Waals surface area contributed by atoms with Gasteiger partial charge in [-0.3, -0.25) is 9.69 Å². The summed E-state index contributed by atoms with van der Waals surface area (Å²) >= 11 is 0. The fourth-order valence-electron chi connectivity index (χ4n) is 1.35. The van der Waals surface area contributed by atoms with Crippen molar-refractivity contribution in [2.75, 3.05) is 20.1 Å². The Morgan fingerprint density at radius 2 is 2.06 bits per heavy atom. The predicted molar refractivity (Wildman–Crippen MR) is 68.3 cm³/mol. The van der Waals surface area contributed by atoms with Crippen molar-refractivity contribution >= 4 is 5.91 Å². The lowest BCUT2D eigenvalue weighted by atomic mass is 10.0. The third kappa shape index (κ3) is 6.08. The second-order valence-electron chi connectivity index (χ2n) is 5.13. The monoisotopic (exact) mass is 229 g/mol. The van der Waals surface area contributed by atoms with E-state index in [4.69, 9.17) is 5.73 Å². The molecule has 0 aromatic carbocycles. The number of rotatable bonds is 7. The zero-order chi connectivity index (χ0) is 12.8. The van der Waals surface area contributed by atoms with E-state index < -0.39 is 0 Å². The van der Waals surface area contributed by atoms with E-state index in [1.807, 2.05) is 25.8 Å². The quantitative estimate of drug-likeness (QED) is 0.683. The molecule has 0 saturated heterocycles. The fraction of sp³-hybridized carbons (Fsp3) is 0.917. The van der Waals surface area contributed by atoms with Gasteiger partial charge < -0.3 is 11.1 Å². The highest BCUT2D eigenvalue weighted by molar-refractivity contribution is 5.78. The van der Waals surface area contributed by atoms with Crippen LogP contribution in [0, 0.1) is 0 Å². The summed E-state index contributed by atoms with van der Waals surface area (Å²) in [5.74, 6) is 0.0817. The minimum Gasteiger partial charge on any atom is -0.350 e. The molecule has 0 rings (SSSR count). The molecule has 1 atom stereocenters. The molecule has 0 saturated carbocycles. The molecule has 3 N–H and O–H groups in total. The van der Waals surface area contributed by atoms with Gasteiger partial charge in [0, 0.05) is 11.6 Å². The highest BCUT2D eigenvalue weighted by Gasteiger charge is 2.19. The average molecular weight is 229 g/mol. The molecule has 96 valence electrons. The molecule has 0 heterocycles. The number of carbonyl (C=O) groups is 1. The van der Waals surface area contributed by atoms with Gasteiger partial charge >= 0.3 is 0 Å². The van der Waals surface area contributed by atoms with Gasteiger partial charge in [0.05, 0.1) is 6.54 Å². The predicted octanol–water partition coefficient (Wildman–Crippen LogP) is 0.960. The first-order valence-corrected chi connectivity index (χ1v) is 6.03. The number of nitrogens with one attached hydrogen (secondary N) is 1. The van der Waals surface area contributed by atoms with Crippen LogP contribution in [0.25, 0.3) is 0 Å². The Balaban J connectivity index is 4.05. The van der Waals surface area contributed by atoms with Crippen molar-refractivity contribution in [2.24, 2.45) is 5.73 Å². The van der Waals surface area contributed by atoms with Gasteiger partial charge in [0.1, 0.15) is 0 Å². The second kappa shape index (κ2) is 6.86. The molecule has 0 aromatic rings. The summed E-state index contributed by atoms with van der Waals surface area (Å²) in [5.41, 5.74) is 5.38. The zero-order valence-electron chi connectivity index (χ0n) is 11.3. The maximum absolute atomic E-state index is 11.8. The topological polar surface area (TPSA) is 58.4 Å². The molecule has 0 bridgehead atoms. The van der Waals surface area contributed by atoms with E-state index in [0.29, 0.717) is 19.1 Å². The van der Waals surface area contributed by atoms with E-state index >= 15 is 0 Å². The van der Waals surface area contributed by atoms with Crippen LogP contribution in [0.15, 0.2) is 0 Å². The van der Waals surface area contributed by atoms with Gasteiger partial charge in [0.15, 0.2) is 0 Å². The maximum atomic E-state index is 11.8. The minimum absolute atomic E-state index is 0.0817. The molecular formula is C12H27N3O. The summed E-state index contributed by atoms with van der Waals surface area (Å²) in [6.07, 6.45) is 1.85. The number of nitrogens with zero attached hydrogens (tertiary/aromatic N) is 1. The van der Waals surface area contributed by atoms with E-state index in [1.54, 1.807) is 0 Å². The van der Waals surface area contributed by atoms with Gasteiger partial charge in [-0.05, 0) is 47.2 Å². The molecule has 0 aliphatic rings. The van der Waals surface area contributed by atoms with E-state index in [9.17, 15) is 4.79 Å². The van der Waals surface area contributed by atoms with Crippen LogP contribution >= 0.6 is 0 Å². The largest absolute Gasteiger partial charge is 0.350 e. The molecule has 1 amide bonds. The van der Waals surface area contributed by atoms with Crippen LogP contribution in [-0.4, -0.2) is 42.5 Å². The van der Waals surface area contributed by atoms with E-state index in [1.165, 1.54) is 0 Å². The Kier molecular flexibility index (Phi) is 6.60. The molecular weight excluding hydrogens is 202 g/mol. The summed E-state index contributed by atoms with van der Waals surface area (Å²) in [6, 6.07) is 0.348. The van der Waals surface area contributed by atoms with Crippen LogP contribution < -0.4 is 11.1 Å². The first-order valence-electron chi connectivity index (χ1n) is 6.03. The van der Waals surface area contributed by atoms with Crippen LogP contribution in [0.2, 0.25) is 0 Å². The van der Waals surface area contributed by atoms with Crippen molar-refractivity contribution in [3.05, 3.63) is 0 Å². The van der Waals surface area contributed by atoms with Crippen LogP contribution in [0.5, 0.6) is 0 Å². The molecule has 0 aromatic heterocycles. The first-order chi connectivity index (χ1) is 7.32. The van der Waals surface area contributed by atoms with Gasteiger partial charge in [-0.15, -0.1) is 0 Å². The summed E-state index contributed by atoms with van der Waals surface area (Å²) in [5, 5.41) is 3.02.